The third-order valence-electron chi connectivity index (χ3n) is 3.28. The first kappa shape index (κ1) is 11.3. The van der Waals surface area contributed by atoms with E-state index in [0.29, 0.717) is 0 Å². The first-order chi connectivity index (χ1) is 7.71. The SMILES string of the molecule is COc1cc(CC2(CO)CC2)cc(OC)c1. The Morgan fingerprint density at radius 2 is 1.69 bits per heavy atom. The van der Waals surface area contributed by atoms with E-state index >= 15 is 0 Å². The third-order valence-corrected chi connectivity index (χ3v) is 3.28. The number of hydrogen-bond donors (Lipinski definition) is 1. The Labute approximate surface area is 96.0 Å². The highest BCUT2D eigenvalue weighted by Crippen LogP contribution is 2.48. The van der Waals surface area contributed by atoms with Gasteiger partial charge in [-0.25, -0.2) is 0 Å². The molecule has 1 fully saturated rings. The van der Waals surface area contributed by atoms with Gasteiger partial charge in [-0.2, -0.15) is 0 Å². The first-order valence-corrected chi connectivity index (χ1v) is 5.54. The summed E-state index contributed by atoms with van der Waals surface area (Å²) in [7, 11) is 3.30. The maximum absolute atomic E-state index is 9.31. The van der Waals surface area contributed by atoms with Crippen LogP contribution in [0, 0.1) is 5.41 Å². The lowest BCUT2D eigenvalue weighted by Gasteiger charge is -2.13. The van der Waals surface area contributed by atoms with Crippen molar-refractivity contribution in [3.05, 3.63) is 23.8 Å². The van der Waals surface area contributed by atoms with Crippen LogP contribution in [-0.2, 0) is 6.42 Å². The molecule has 0 aliphatic heterocycles. The Balaban J connectivity index is 2.19. The first-order valence-electron chi connectivity index (χ1n) is 5.54. The Hall–Kier alpha value is -1.22. The molecule has 0 aromatic heterocycles. The summed E-state index contributed by atoms with van der Waals surface area (Å²) in [5.41, 5.74) is 1.29. The van der Waals surface area contributed by atoms with Crippen LogP contribution < -0.4 is 9.47 Å². The molecule has 0 unspecified atom stereocenters. The number of hydrogen-bond acceptors (Lipinski definition) is 3. The third kappa shape index (κ3) is 2.30. The van der Waals surface area contributed by atoms with Gasteiger partial charge in [-0.05, 0) is 42.4 Å². The second kappa shape index (κ2) is 4.34. The minimum atomic E-state index is 0.122. The van der Waals surface area contributed by atoms with Crippen molar-refractivity contribution in [1.29, 1.82) is 0 Å². The molecule has 0 heterocycles. The molecule has 0 spiro atoms. The average molecular weight is 222 g/mol. The smallest absolute Gasteiger partial charge is 0.122 e. The van der Waals surface area contributed by atoms with Crippen LogP contribution in [-0.4, -0.2) is 25.9 Å². The van der Waals surface area contributed by atoms with Crippen molar-refractivity contribution >= 4 is 0 Å². The lowest BCUT2D eigenvalue weighted by Crippen LogP contribution is -2.10. The molecule has 88 valence electrons. The maximum Gasteiger partial charge on any atom is 0.122 e. The zero-order chi connectivity index (χ0) is 11.6. The van der Waals surface area contributed by atoms with Gasteiger partial charge in [0.1, 0.15) is 11.5 Å². The van der Waals surface area contributed by atoms with Gasteiger partial charge < -0.3 is 14.6 Å². The fraction of sp³-hybridized carbons (Fsp3) is 0.538. The van der Waals surface area contributed by atoms with E-state index in [1.807, 2.05) is 18.2 Å². The fourth-order valence-corrected chi connectivity index (χ4v) is 1.97. The van der Waals surface area contributed by atoms with E-state index in [-0.39, 0.29) is 12.0 Å². The Kier molecular flexibility index (Phi) is 3.06. The van der Waals surface area contributed by atoms with Gasteiger partial charge in [-0.15, -0.1) is 0 Å². The number of benzene rings is 1. The summed E-state index contributed by atoms with van der Waals surface area (Å²) in [6.45, 7) is 0.270. The van der Waals surface area contributed by atoms with E-state index in [1.54, 1.807) is 14.2 Å². The Bertz CT molecular complexity index is 347. The van der Waals surface area contributed by atoms with Crippen molar-refractivity contribution in [2.24, 2.45) is 5.41 Å². The highest BCUT2D eigenvalue weighted by Gasteiger charge is 2.41. The highest BCUT2D eigenvalue weighted by atomic mass is 16.5. The van der Waals surface area contributed by atoms with E-state index in [0.717, 1.165) is 30.8 Å². The van der Waals surface area contributed by atoms with Gasteiger partial charge in [-0.3, -0.25) is 0 Å². The minimum Gasteiger partial charge on any atom is -0.497 e. The van der Waals surface area contributed by atoms with Gasteiger partial charge in [0.05, 0.1) is 14.2 Å². The second-order valence-electron chi connectivity index (χ2n) is 4.56. The molecule has 0 saturated heterocycles. The van der Waals surface area contributed by atoms with Crippen LogP contribution in [0.25, 0.3) is 0 Å². The topological polar surface area (TPSA) is 38.7 Å². The molecule has 1 aromatic carbocycles. The number of aliphatic hydroxyl groups is 1. The zero-order valence-corrected chi connectivity index (χ0v) is 9.82. The van der Waals surface area contributed by atoms with Gasteiger partial charge in [0.15, 0.2) is 0 Å². The fourth-order valence-electron chi connectivity index (χ4n) is 1.97. The molecule has 3 nitrogen and oxygen atoms in total. The van der Waals surface area contributed by atoms with Crippen LogP contribution in [0.1, 0.15) is 18.4 Å². The molecular formula is C13H18O3. The van der Waals surface area contributed by atoms with Crippen molar-refractivity contribution in [3.63, 3.8) is 0 Å². The van der Waals surface area contributed by atoms with Gasteiger partial charge in [0.25, 0.3) is 0 Å². The van der Waals surface area contributed by atoms with Crippen molar-refractivity contribution < 1.29 is 14.6 Å². The lowest BCUT2D eigenvalue weighted by molar-refractivity contribution is 0.211. The summed E-state index contributed by atoms with van der Waals surface area (Å²) in [5, 5.41) is 9.31. The van der Waals surface area contributed by atoms with Crippen molar-refractivity contribution in [2.75, 3.05) is 20.8 Å². The molecule has 0 radical (unpaired) electrons. The van der Waals surface area contributed by atoms with E-state index in [2.05, 4.69) is 0 Å². The Morgan fingerprint density at radius 3 is 2.06 bits per heavy atom. The molecule has 2 rings (SSSR count). The summed E-state index contributed by atoms with van der Waals surface area (Å²) in [6, 6.07) is 5.89. The van der Waals surface area contributed by atoms with E-state index in [1.165, 1.54) is 5.56 Å². The van der Waals surface area contributed by atoms with Crippen LogP contribution >= 0.6 is 0 Å². The summed E-state index contributed by atoms with van der Waals surface area (Å²) in [6.07, 6.45) is 3.13. The van der Waals surface area contributed by atoms with Crippen LogP contribution in [0.15, 0.2) is 18.2 Å². The standard InChI is InChI=1S/C13H18O3/c1-15-11-5-10(6-12(7-11)16-2)8-13(9-14)3-4-13/h5-7,14H,3-4,8-9H2,1-2H3. The molecule has 3 heteroatoms. The maximum atomic E-state index is 9.31. The van der Waals surface area contributed by atoms with Crippen LogP contribution in [0.4, 0.5) is 0 Å². The van der Waals surface area contributed by atoms with Crippen LogP contribution in [0.5, 0.6) is 11.5 Å². The van der Waals surface area contributed by atoms with Gasteiger partial charge in [0.2, 0.25) is 0 Å². The molecule has 0 amide bonds. The number of ether oxygens (including phenoxy) is 2. The molecule has 1 saturated carbocycles. The minimum absolute atomic E-state index is 0.122. The molecule has 1 aromatic rings. The van der Waals surface area contributed by atoms with Crippen molar-refractivity contribution in [1.82, 2.24) is 0 Å². The summed E-state index contributed by atoms with van der Waals surface area (Å²) < 4.78 is 10.4. The van der Waals surface area contributed by atoms with Gasteiger partial charge >= 0.3 is 0 Å². The quantitative estimate of drug-likeness (QED) is 0.828. The molecule has 1 aliphatic carbocycles. The largest absolute Gasteiger partial charge is 0.497 e. The predicted octanol–water partition coefficient (Wildman–Crippen LogP) is 2.02. The number of aliphatic hydroxyl groups excluding tert-OH is 1. The molecule has 0 atom stereocenters. The van der Waals surface area contributed by atoms with Crippen LogP contribution in [0.2, 0.25) is 0 Å². The number of rotatable bonds is 5. The van der Waals surface area contributed by atoms with Gasteiger partial charge in [-0.1, -0.05) is 0 Å². The lowest BCUT2D eigenvalue weighted by atomic mass is 9.97. The average Bonchev–Trinajstić information content (AvgIpc) is 3.09. The Morgan fingerprint density at radius 1 is 1.12 bits per heavy atom. The predicted molar refractivity (Wildman–Crippen MR) is 62.0 cm³/mol. The normalized spacial score (nSPS) is 16.9. The van der Waals surface area contributed by atoms with Crippen molar-refractivity contribution in [2.45, 2.75) is 19.3 Å². The van der Waals surface area contributed by atoms with Crippen molar-refractivity contribution in [3.8, 4) is 11.5 Å². The van der Waals surface area contributed by atoms with Gasteiger partial charge in [0, 0.05) is 12.7 Å². The molecule has 16 heavy (non-hydrogen) atoms. The van der Waals surface area contributed by atoms with E-state index < -0.39 is 0 Å². The second-order valence-corrected chi connectivity index (χ2v) is 4.56. The monoisotopic (exact) mass is 222 g/mol. The molecule has 1 N–H and O–H groups in total. The summed E-state index contributed by atoms with van der Waals surface area (Å²) >= 11 is 0. The van der Waals surface area contributed by atoms with Crippen LogP contribution in [0.3, 0.4) is 0 Å². The summed E-state index contributed by atoms with van der Waals surface area (Å²) in [4.78, 5) is 0. The molecule has 1 aliphatic rings. The number of methoxy groups -OCH3 is 2. The molecule has 0 bridgehead atoms. The van der Waals surface area contributed by atoms with E-state index in [9.17, 15) is 5.11 Å². The highest BCUT2D eigenvalue weighted by molar-refractivity contribution is 5.39. The van der Waals surface area contributed by atoms with E-state index in [4.69, 9.17) is 9.47 Å². The zero-order valence-electron chi connectivity index (χ0n) is 9.82. The molecular weight excluding hydrogens is 204 g/mol. The summed E-state index contributed by atoms with van der Waals surface area (Å²) in [5.74, 6) is 1.62.